The fraction of sp³-hybridized carbons (Fsp3) is 0.733. The second kappa shape index (κ2) is 16.7. The highest BCUT2D eigenvalue weighted by atomic mass is 16.4. The van der Waals surface area contributed by atoms with Gasteiger partial charge < -0.3 is 19.8 Å². The normalized spacial score (nSPS) is 9.32. The van der Waals surface area contributed by atoms with Gasteiger partial charge in [-0.25, -0.2) is 0 Å². The zero-order chi connectivity index (χ0) is 14.9. The molecule has 0 aromatic carbocycles. The number of hydrogen-bond acceptors (Lipinski definition) is 4. The lowest BCUT2D eigenvalue weighted by molar-refractivity contribution is -0.307. The first-order chi connectivity index (χ1) is 9.04. The van der Waals surface area contributed by atoms with Gasteiger partial charge >= 0.3 is 0 Å². The summed E-state index contributed by atoms with van der Waals surface area (Å²) in [6.07, 6.45) is 9.63. The van der Waals surface area contributed by atoms with Gasteiger partial charge in [-0.1, -0.05) is 44.6 Å². The number of aliphatic carboxylic acids is 2. The van der Waals surface area contributed by atoms with E-state index < -0.39 is 11.9 Å². The molecule has 0 aliphatic carbocycles. The summed E-state index contributed by atoms with van der Waals surface area (Å²) in [6, 6.07) is 0. The van der Waals surface area contributed by atoms with Gasteiger partial charge in [-0.3, -0.25) is 0 Å². The van der Waals surface area contributed by atoms with E-state index in [2.05, 4.69) is 6.58 Å². The van der Waals surface area contributed by atoms with Gasteiger partial charge in [0.05, 0.1) is 0 Å². The van der Waals surface area contributed by atoms with Crippen molar-refractivity contribution in [2.75, 3.05) is 0 Å². The number of carboxylic acids is 2. The van der Waals surface area contributed by atoms with Gasteiger partial charge in [-0.2, -0.15) is 0 Å². The summed E-state index contributed by atoms with van der Waals surface area (Å²) in [7, 11) is 0. The predicted molar refractivity (Wildman–Crippen MR) is 72.1 cm³/mol. The van der Waals surface area contributed by atoms with Crippen LogP contribution in [0.15, 0.2) is 12.7 Å². The summed E-state index contributed by atoms with van der Waals surface area (Å²) in [5.74, 6) is -1.94. The topological polar surface area (TPSA) is 80.3 Å². The van der Waals surface area contributed by atoms with Gasteiger partial charge in [0.2, 0.25) is 0 Å². The van der Waals surface area contributed by atoms with Crippen LogP contribution in [-0.2, 0) is 9.59 Å². The molecular formula is C15H26O4-2. The molecule has 19 heavy (non-hydrogen) atoms. The van der Waals surface area contributed by atoms with Crippen LogP contribution in [0.5, 0.6) is 0 Å². The minimum Gasteiger partial charge on any atom is -0.550 e. The maximum absolute atomic E-state index is 10.1. The molecule has 0 radical (unpaired) electrons. The Morgan fingerprint density at radius 3 is 1.21 bits per heavy atom. The highest BCUT2D eigenvalue weighted by Gasteiger charge is 1.93. The molecule has 4 nitrogen and oxygen atoms in total. The molecule has 0 saturated heterocycles. The van der Waals surface area contributed by atoms with Crippen molar-refractivity contribution < 1.29 is 19.8 Å². The van der Waals surface area contributed by atoms with Crippen molar-refractivity contribution in [1.29, 1.82) is 0 Å². The van der Waals surface area contributed by atoms with E-state index in [9.17, 15) is 19.8 Å². The molecule has 0 rings (SSSR count). The highest BCUT2D eigenvalue weighted by molar-refractivity contribution is 5.64. The number of allylic oxidation sites excluding steroid dienone is 1. The molecule has 0 saturated carbocycles. The Hall–Kier alpha value is -1.32. The highest BCUT2D eigenvalue weighted by Crippen LogP contribution is 2.10. The first-order valence-electron chi connectivity index (χ1n) is 7.01. The molecule has 4 heteroatoms. The minimum atomic E-state index is -0.970. The lowest BCUT2D eigenvalue weighted by atomic mass is 10.1. The van der Waals surface area contributed by atoms with Crippen LogP contribution in [0.4, 0.5) is 0 Å². The Balaban J connectivity index is 0. The molecule has 0 unspecified atom stereocenters. The fourth-order valence-electron chi connectivity index (χ4n) is 1.60. The Kier molecular flexibility index (Phi) is 17.6. The summed E-state index contributed by atoms with van der Waals surface area (Å²) in [6.45, 7) is 5.25. The predicted octanol–water partition coefficient (Wildman–Crippen LogP) is 1.58. The Morgan fingerprint density at radius 2 is 1.00 bits per heavy atom. The van der Waals surface area contributed by atoms with E-state index in [-0.39, 0.29) is 12.8 Å². The molecule has 0 amide bonds. The van der Waals surface area contributed by atoms with Crippen molar-refractivity contribution in [2.45, 2.75) is 71.1 Å². The van der Waals surface area contributed by atoms with Crippen LogP contribution < -0.4 is 10.2 Å². The van der Waals surface area contributed by atoms with Gasteiger partial charge in [0, 0.05) is 11.9 Å². The lowest BCUT2D eigenvalue weighted by Crippen LogP contribution is -2.21. The summed E-state index contributed by atoms with van der Waals surface area (Å²) < 4.78 is 0. The van der Waals surface area contributed by atoms with E-state index in [0.29, 0.717) is 12.8 Å². The van der Waals surface area contributed by atoms with Gasteiger partial charge in [0.15, 0.2) is 0 Å². The third-order valence-corrected chi connectivity index (χ3v) is 2.51. The smallest absolute Gasteiger partial charge is 0.0414 e. The van der Waals surface area contributed by atoms with E-state index in [0.717, 1.165) is 38.5 Å². The number of hydrogen-bond donors (Lipinski definition) is 0. The summed E-state index contributed by atoms with van der Waals surface area (Å²) in [5.41, 5.74) is 0. The first kappa shape index (κ1) is 20.0. The number of carbonyl (C=O) groups excluding carboxylic acids is 2. The van der Waals surface area contributed by atoms with E-state index >= 15 is 0 Å². The van der Waals surface area contributed by atoms with Crippen molar-refractivity contribution >= 4 is 11.9 Å². The second-order valence-corrected chi connectivity index (χ2v) is 4.48. The standard InChI is InChI=1S/C12H22O4.C3H6/c13-11(14)9-7-5-3-1-2-4-6-8-10-12(15)16;1-3-2/h1-10H2,(H,13,14)(H,15,16);3H,1H2,2H3/p-2. The zero-order valence-electron chi connectivity index (χ0n) is 12.0. The largest absolute Gasteiger partial charge is 0.550 e. The molecule has 0 spiro atoms. The van der Waals surface area contributed by atoms with Crippen LogP contribution in [0, 0.1) is 0 Å². The Morgan fingerprint density at radius 1 is 0.789 bits per heavy atom. The molecule has 0 aliphatic heterocycles. The van der Waals surface area contributed by atoms with Crippen LogP contribution in [-0.4, -0.2) is 11.9 Å². The number of carboxylic acid groups (broad SMARTS) is 2. The summed E-state index contributed by atoms with van der Waals surface area (Å²) in [5, 5.41) is 20.2. The van der Waals surface area contributed by atoms with Crippen LogP contribution in [0.1, 0.15) is 71.1 Å². The number of rotatable bonds is 11. The quantitative estimate of drug-likeness (QED) is 0.421. The molecular weight excluding hydrogens is 244 g/mol. The third-order valence-electron chi connectivity index (χ3n) is 2.51. The zero-order valence-corrected chi connectivity index (χ0v) is 12.0. The van der Waals surface area contributed by atoms with Crippen molar-refractivity contribution in [2.24, 2.45) is 0 Å². The SMILES string of the molecule is C=CC.O=C([O-])CCCCCCCCCCC(=O)[O-]. The molecule has 0 bridgehead atoms. The van der Waals surface area contributed by atoms with E-state index in [1.807, 2.05) is 6.92 Å². The van der Waals surface area contributed by atoms with Crippen molar-refractivity contribution in [3.05, 3.63) is 12.7 Å². The Labute approximate surface area is 116 Å². The number of unbranched alkanes of at least 4 members (excludes halogenated alkanes) is 7. The van der Waals surface area contributed by atoms with Crippen molar-refractivity contribution in [3.8, 4) is 0 Å². The van der Waals surface area contributed by atoms with E-state index in [1.54, 1.807) is 6.08 Å². The van der Waals surface area contributed by atoms with Crippen molar-refractivity contribution in [3.63, 3.8) is 0 Å². The molecule has 0 aromatic rings. The van der Waals surface area contributed by atoms with E-state index in [4.69, 9.17) is 0 Å². The monoisotopic (exact) mass is 270 g/mol. The van der Waals surface area contributed by atoms with Crippen LogP contribution in [0.25, 0.3) is 0 Å². The van der Waals surface area contributed by atoms with Gasteiger partial charge in [-0.05, 0) is 32.6 Å². The first-order valence-corrected chi connectivity index (χ1v) is 7.01. The van der Waals surface area contributed by atoms with Crippen LogP contribution >= 0.6 is 0 Å². The van der Waals surface area contributed by atoms with Crippen molar-refractivity contribution in [1.82, 2.24) is 0 Å². The van der Waals surface area contributed by atoms with Crippen LogP contribution in [0.3, 0.4) is 0 Å². The maximum Gasteiger partial charge on any atom is 0.0414 e. The second-order valence-electron chi connectivity index (χ2n) is 4.48. The van der Waals surface area contributed by atoms with Gasteiger partial charge in [0.25, 0.3) is 0 Å². The minimum absolute atomic E-state index is 0.158. The van der Waals surface area contributed by atoms with E-state index in [1.165, 1.54) is 0 Å². The molecule has 0 aromatic heterocycles. The summed E-state index contributed by atoms with van der Waals surface area (Å²) >= 11 is 0. The van der Waals surface area contributed by atoms with Gasteiger partial charge in [0.1, 0.15) is 0 Å². The molecule has 0 fully saturated rings. The molecule has 0 heterocycles. The molecule has 0 aliphatic rings. The van der Waals surface area contributed by atoms with Crippen LogP contribution in [0.2, 0.25) is 0 Å². The average molecular weight is 270 g/mol. The number of carbonyl (C=O) groups is 2. The molecule has 0 atom stereocenters. The maximum atomic E-state index is 10.1. The molecule has 112 valence electrons. The van der Waals surface area contributed by atoms with Gasteiger partial charge in [-0.15, -0.1) is 6.58 Å². The lowest BCUT2D eigenvalue weighted by Gasteiger charge is -2.03. The molecule has 0 N–H and O–H groups in total. The average Bonchev–Trinajstić information content (AvgIpc) is 2.32. The summed E-state index contributed by atoms with van der Waals surface area (Å²) in [4.78, 5) is 20.2. The fourth-order valence-corrected chi connectivity index (χ4v) is 1.60. The Bertz CT molecular complexity index is 214. The third kappa shape index (κ3) is 26.3.